The van der Waals surface area contributed by atoms with E-state index in [1.54, 1.807) is 0 Å². The maximum absolute atomic E-state index is 11.6. The number of nitrogens with zero attached hydrogens (tertiary/aromatic N) is 1. The Bertz CT molecular complexity index is 426. The van der Waals surface area contributed by atoms with Gasteiger partial charge in [-0.25, -0.2) is 0 Å². The summed E-state index contributed by atoms with van der Waals surface area (Å²) in [5.41, 5.74) is 0.454. The number of halogens is 1. The summed E-state index contributed by atoms with van der Waals surface area (Å²) in [7, 11) is 0. The highest BCUT2D eigenvalue weighted by atomic mass is 79.9. The fraction of sp³-hybridized carbons (Fsp3) is 0.250. The van der Waals surface area contributed by atoms with Crippen molar-refractivity contribution in [1.82, 2.24) is 0 Å². The average molecular weight is 298 g/mol. The van der Waals surface area contributed by atoms with Gasteiger partial charge in [0.1, 0.15) is 0 Å². The van der Waals surface area contributed by atoms with E-state index in [1.807, 2.05) is 6.08 Å². The number of alkyl halides is 1. The monoisotopic (exact) mass is 297 g/mol. The van der Waals surface area contributed by atoms with Crippen LogP contribution in [-0.4, -0.2) is 16.0 Å². The normalized spacial score (nSPS) is 10.6. The quantitative estimate of drug-likeness (QED) is 0.202. The van der Waals surface area contributed by atoms with Gasteiger partial charge in [0.25, 0.3) is 5.69 Å². The SMILES string of the molecule is O=C(/C=C/CCCBr)c1ccc([N+](=O)[O-])cc1. The number of carbonyl (C=O) groups excluding carboxylic acids is 1. The van der Waals surface area contributed by atoms with Crippen LogP contribution >= 0.6 is 15.9 Å². The third-order valence-electron chi connectivity index (χ3n) is 2.14. The highest BCUT2D eigenvalue weighted by Gasteiger charge is 2.06. The van der Waals surface area contributed by atoms with Gasteiger partial charge < -0.3 is 0 Å². The average Bonchev–Trinajstić information content (AvgIpc) is 2.34. The van der Waals surface area contributed by atoms with Crippen molar-refractivity contribution < 1.29 is 9.72 Å². The minimum absolute atomic E-state index is 0.00943. The van der Waals surface area contributed by atoms with E-state index in [4.69, 9.17) is 0 Å². The molecule has 0 radical (unpaired) electrons. The van der Waals surface area contributed by atoms with Crippen LogP contribution in [0.25, 0.3) is 0 Å². The number of unbranched alkanes of at least 4 members (excludes halogenated alkanes) is 1. The second kappa shape index (κ2) is 6.96. The van der Waals surface area contributed by atoms with Crippen molar-refractivity contribution in [3.8, 4) is 0 Å². The Balaban J connectivity index is 2.63. The number of hydrogen-bond acceptors (Lipinski definition) is 3. The summed E-state index contributed by atoms with van der Waals surface area (Å²) in [6.07, 6.45) is 5.13. The van der Waals surface area contributed by atoms with Gasteiger partial charge in [-0.3, -0.25) is 14.9 Å². The molecular formula is C12H12BrNO3. The minimum atomic E-state index is -0.486. The van der Waals surface area contributed by atoms with Gasteiger partial charge in [0.15, 0.2) is 5.78 Å². The Morgan fingerprint density at radius 1 is 1.35 bits per heavy atom. The van der Waals surface area contributed by atoms with Crippen LogP contribution in [0.1, 0.15) is 23.2 Å². The van der Waals surface area contributed by atoms with E-state index in [9.17, 15) is 14.9 Å². The van der Waals surface area contributed by atoms with Crippen LogP contribution in [0.3, 0.4) is 0 Å². The Hall–Kier alpha value is -1.49. The van der Waals surface area contributed by atoms with Gasteiger partial charge in [-0.1, -0.05) is 22.0 Å². The molecule has 90 valence electrons. The van der Waals surface area contributed by atoms with Gasteiger partial charge >= 0.3 is 0 Å². The summed E-state index contributed by atoms with van der Waals surface area (Å²) < 4.78 is 0. The summed E-state index contributed by atoms with van der Waals surface area (Å²) in [6, 6.07) is 5.60. The Morgan fingerprint density at radius 3 is 2.53 bits per heavy atom. The fourth-order valence-corrected chi connectivity index (χ4v) is 1.55. The van der Waals surface area contributed by atoms with E-state index in [0.717, 1.165) is 18.2 Å². The van der Waals surface area contributed by atoms with Crippen molar-refractivity contribution in [1.29, 1.82) is 0 Å². The van der Waals surface area contributed by atoms with E-state index < -0.39 is 4.92 Å². The second-order valence-electron chi connectivity index (χ2n) is 3.40. The van der Waals surface area contributed by atoms with E-state index in [-0.39, 0.29) is 11.5 Å². The van der Waals surface area contributed by atoms with Gasteiger partial charge in [0.05, 0.1) is 4.92 Å². The Kier molecular flexibility index (Phi) is 5.56. The molecule has 0 atom stereocenters. The minimum Gasteiger partial charge on any atom is -0.289 e. The molecule has 17 heavy (non-hydrogen) atoms. The smallest absolute Gasteiger partial charge is 0.269 e. The molecule has 0 heterocycles. The molecule has 0 aliphatic heterocycles. The van der Waals surface area contributed by atoms with Crippen LogP contribution in [-0.2, 0) is 0 Å². The molecule has 0 saturated carbocycles. The molecule has 0 N–H and O–H groups in total. The van der Waals surface area contributed by atoms with E-state index in [1.165, 1.54) is 30.3 Å². The maximum Gasteiger partial charge on any atom is 0.269 e. The van der Waals surface area contributed by atoms with E-state index in [0.29, 0.717) is 5.56 Å². The topological polar surface area (TPSA) is 60.2 Å². The van der Waals surface area contributed by atoms with Crippen molar-refractivity contribution in [2.24, 2.45) is 0 Å². The van der Waals surface area contributed by atoms with Crippen LogP contribution in [0, 0.1) is 10.1 Å². The summed E-state index contributed by atoms with van der Waals surface area (Å²) in [5, 5.41) is 11.3. The molecule has 0 aliphatic carbocycles. The lowest BCUT2D eigenvalue weighted by Gasteiger charge is -1.95. The predicted octanol–water partition coefficient (Wildman–Crippen LogP) is 3.51. The number of nitro benzene ring substituents is 1. The van der Waals surface area contributed by atoms with Gasteiger partial charge in [-0.05, 0) is 31.1 Å². The summed E-state index contributed by atoms with van der Waals surface area (Å²) in [6.45, 7) is 0. The van der Waals surface area contributed by atoms with Crippen LogP contribution in [0.4, 0.5) is 5.69 Å². The van der Waals surface area contributed by atoms with Crippen molar-refractivity contribution in [3.05, 3.63) is 52.1 Å². The third kappa shape index (κ3) is 4.48. The first-order valence-electron chi connectivity index (χ1n) is 5.16. The summed E-state index contributed by atoms with van der Waals surface area (Å²) in [4.78, 5) is 21.6. The van der Waals surface area contributed by atoms with E-state index in [2.05, 4.69) is 15.9 Å². The van der Waals surface area contributed by atoms with Gasteiger partial charge in [-0.15, -0.1) is 0 Å². The number of allylic oxidation sites excluding steroid dienone is 2. The molecule has 0 aliphatic rings. The molecule has 0 aromatic heterocycles. The number of nitro groups is 1. The summed E-state index contributed by atoms with van der Waals surface area (Å²) in [5.74, 6) is -0.130. The summed E-state index contributed by atoms with van der Waals surface area (Å²) >= 11 is 3.30. The molecule has 0 fully saturated rings. The molecule has 0 amide bonds. The molecule has 0 saturated heterocycles. The third-order valence-corrected chi connectivity index (χ3v) is 2.70. The molecule has 5 heteroatoms. The van der Waals surface area contributed by atoms with Crippen molar-refractivity contribution in [3.63, 3.8) is 0 Å². The van der Waals surface area contributed by atoms with Gasteiger partial charge in [0, 0.05) is 23.0 Å². The zero-order chi connectivity index (χ0) is 12.7. The molecule has 1 aromatic rings. The fourth-order valence-electron chi connectivity index (χ4n) is 1.23. The maximum atomic E-state index is 11.6. The molecule has 0 spiro atoms. The zero-order valence-corrected chi connectivity index (χ0v) is 10.7. The highest BCUT2D eigenvalue weighted by molar-refractivity contribution is 9.09. The number of carbonyl (C=O) groups is 1. The Morgan fingerprint density at radius 2 is 2.00 bits per heavy atom. The lowest BCUT2D eigenvalue weighted by Crippen LogP contribution is -1.95. The van der Waals surface area contributed by atoms with Crippen molar-refractivity contribution in [2.45, 2.75) is 12.8 Å². The number of rotatable bonds is 6. The first kappa shape index (κ1) is 13.6. The molecule has 0 unspecified atom stereocenters. The molecule has 0 bridgehead atoms. The second-order valence-corrected chi connectivity index (χ2v) is 4.19. The molecular weight excluding hydrogens is 286 g/mol. The first-order chi connectivity index (χ1) is 8.15. The predicted molar refractivity (Wildman–Crippen MR) is 69.6 cm³/mol. The van der Waals surface area contributed by atoms with Crippen molar-refractivity contribution >= 4 is 27.4 Å². The number of non-ortho nitro benzene ring substituents is 1. The van der Waals surface area contributed by atoms with Crippen LogP contribution in [0.5, 0.6) is 0 Å². The first-order valence-corrected chi connectivity index (χ1v) is 6.28. The van der Waals surface area contributed by atoms with E-state index >= 15 is 0 Å². The van der Waals surface area contributed by atoms with Crippen LogP contribution in [0.15, 0.2) is 36.4 Å². The highest BCUT2D eigenvalue weighted by Crippen LogP contribution is 2.12. The molecule has 4 nitrogen and oxygen atoms in total. The number of hydrogen-bond donors (Lipinski definition) is 0. The zero-order valence-electron chi connectivity index (χ0n) is 9.14. The lowest BCUT2D eigenvalue weighted by molar-refractivity contribution is -0.384. The Labute approximate surface area is 108 Å². The molecule has 1 aromatic carbocycles. The number of ketones is 1. The van der Waals surface area contributed by atoms with Crippen LogP contribution in [0.2, 0.25) is 0 Å². The molecule has 1 rings (SSSR count). The van der Waals surface area contributed by atoms with Crippen LogP contribution < -0.4 is 0 Å². The van der Waals surface area contributed by atoms with Crippen molar-refractivity contribution in [2.75, 3.05) is 5.33 Å². The standard InChI is InChI=1S/C12H12BrNO3/c13-9-3-1-2-4-12(15)10-5-7-11(8-6-10)14(16)17/h2,4-8H,1,3,9H2/b4-2+. The van der Waals surface area contributed by atoms with Gasteiger partial charge in [-0.2, -0.15) is 0 Å². The number of benzene rings is 1. The largest absolute Gasteiger partial charge is 0.289 e. The van der Waals surface area contributed by atoms with Gasteiger partial charge in [0.2, 0.25) is 0 Å². The lowest BCUT2D eigenvalue weighted by atomic mass is 10.1.